The summed E-state index contributed by atoms with van der Waals surface area (Å²) in [6, 6.07) is 0. The molecule has 4 heteroatoms. The van der Waals surface area contributed by atoms with Gasteiger partial charge in [0.2, 0.25) is 5.91 Å². The Hall–Kier alpha value is -1.06. The largest absolute Gasteiger partial charge is 0.469 e. The van der Waals surface area contributed by atoms with Crippen LogP contribution in [0.5, 0.6) is 0 Å². The third-order valence-electron chi connectivity index (χ3n) is 5.85. The molecular formula is C14H19NO3. The average molecular weight is 249 g/mol. The van der Waals surface area contributed by atoms with Crippen molar-refractivity contribution in [3.05, 3.63) is 0 Å². The van der Waals surface area contributed by atoms with Gasteiger partial charge in [-0.3, -0.25) is 9.59 Å². The quantitative estimate of drug-likeness (QED) is 0.694. The molecule has 0 aromatic carbocycles. The number of esters is 1. The normalized spacial score (nSPS) is 48.5. The highest BCUT2D eigenvalue weighted by molar-refractivity contribution is 5.82. The van der Waals surface area contributed by atoms with Gasteiger partial charge in [0.05, 0.1) is 12.5 Å². The molecule has 3 saturated carbocycles. The van der Waals surface area contributed by atoms with Crippen molar-refractivity contribution in [2.75, 3.05) is 13.7 Å². The van der Waals surface area contributed by atoms with E-state index < -0.39 is 0 Å². The van der Waals surface area contributed by atoms with E-state index in [0.717, 1.165) is 45.1 Å². The number of nitrogens with zero attached hydrogens (tertiary/aromatic N) is 1. The Morgan fingerprint density at radius 2 is 2.00 bits per heavy atom. The van der Waals surface area contributed by atoms with Crippen molar-refractivity contribution in [1.29, 1.82) is 0 Å². The number of carbonyl (C=O) groups excluding carboxylic acids is 2. The maximum absolute atomic E-state index is 11.9. The molecule has 98 valence electrons. The first-order valence-corrected chi connectivity index (χ1v) is 7.01. The predicted molar refractivity (Wildman–Crippen MR) is 63.6 cm³/mol. The Labute approximate surface area is 107 Å². The molecule has 4 aliphatic rings. The molecule has 0 N–H and O–H groups in total. The lowest BCUT2D eigenvalue weighted by atomic mass is 9.85. The van der Waals surface area contributed by atoms with Crippen molar-refractivity contribution in [1.82, 2.24) is 4.90 Å². The van der Waals surface area contributed by atoms with E-state index in [2.05, 4.69) is 4.90 Å². The van der Waals surface area contributed by atoms with Crippen LogP contribution < -0.4 is 0 Å². The number of hydrogen-bond acceptors (Lipinski definition) is 3. The topological polar surface area (TPSA) is 46.6 Å². The van der Waals surface area contributed by atoms with E-state index in [1.165, 1.54) is 7.11 Å². The van der Waals surface area contributed by atoms with Gasteiger partial charge in [0, 0.05) is 18.5 Å². The van der Waals surface area contributed by atoms with Crippen LogP contribution in [0.1, 0.15) is 38.5 Å². The van der Waals surface area contributed by atoms with E-state index in [1.54, 1.807) is 0 Å². The summed E-state index contributed by atoms with van der Waals surface area (Å²) in [5.74, 6) is 1.35. The molecule has 0 aromatic rings. The lowest BCUT2D eigenvalue weighted by molar-refractivity contribution is -0.149. The van der Waals surface area contributed by atoms with E-state index in [9.17, 15) is 9.59 Å². The van der Waals surface area contributed by atoms with Crippen LogP contribution in [0.4, 0.5) is 0 Å². The standard InChI is InChI=1S/C14H19NO3/c1-18-12(17)13-5-9(13)7-14(8-10(14)6-13)15-4-2-3-11(15)16/h9-10H,2-8H2,1H3. The Morgan fingerprint density at radius 3 is 2.67 bits per heavy atom. The van der Waals surface area contributed by atoms with E-state index >= 15 is 0 Å². The Bertz CT molecular complexity index is 448. The number of fused-ring (bicyclic) bond motifs is 2. The van der Waals surface area contributed by atoms with Crippen LogP contribution in [-0.4, -0.2) is 36.0 Å². The summed E-state index contributed by atoms with van der Waals surface area (Å²) < 4.78 is 4.96. The SMILES string of the molecule is COC(=O)C12CC1CC1(N3CCCC3=O)CC1C2. The van der Waals surface area contributed by atoms with Crippen LogP contribution in [0, 0.1) is 17.3 Å². The minimum absolute atomic E-state index is 0.0132. The minimum atomic E-state index is -0.164. The second kappa shape index (κ2) is 3.09. The van der Waals surface area contributed by atoms with Gasteiger partial charge < -0.3 is 9.64 Å². The summed E-state index contributed by atoms with van der Waals surface area (Å²) in [6.45, 7) is 0.938. The number of likely N-dealkylation sites (tertiary alicyclic amines) is 1. The highest BCUT2D eigenvalue weighted by Crippen LogP contribution is 2.74. The van der Waals surface area contributed by atoms with Crippen molar-refractivity contribution in [3.8, 4) is 0 Å². The maximum Gasteiger partial charge on any atom is 0.312 e. The van der Waals surface area contributed by atoms with Crippen LogP contribution in [0.3, 0.4) is 0 Å². The van der Waals surface area contributed by atoms with E-state index in [0.29, 0.717) is 17.7 Å². The molecule has 4 rings (SSSR count). The third-order valence-corrected chi connectivity index (χ3v) is 5.85. The molecule has 1 heterocycles. The fourth-order valence-corrected chi connectivity index (χ4v) is 4.74. The first-order valence-electron chi connectivity index (χ1n) is 7.01. The summed E-state index contributed by atoms with van der Waals surface area (Å²) in [7, 11) is 1.49. The van der Waals surface area contributed by atoms with Crippen LogP contribution in [0.2, 0.25) is 0 Å². The Balaban J connectivity index is 1.55. The Morgan fingerprint density at radius 1 is 1.28 bits per heavy atom. The van der Waals surface area contributed by atoms with Gasteiger partial charge in [0.1, 0.15) is 0 Å². The van der Waals surface area contributed by atoms with Crippen LogP contribution in [-0.2, 0) is 14.3 Å². The zero-order chi connectivity index (χ0) is 12.5. The van der Waals surface area contributed by atoms with Crippen molar-refractivity contribution >= 4 is 11.9 Å². The zero-order valence-corrected chi connectivity index (χ0v) is 10.8. The second-order valence-electron chi connectivity index (χ2n) is 6.61. The smallest absolute Gasteiger partial charge is 0.312 e. The summed E-state index contributed by atoms with van der Waals surface area (Å²) in [4.78, 5) is 25.9. The number of carbonyl (C=O) groups is 2. The molecule has 18 heavy (non-hydrogen) atoms. The molecule has 3 aliphatic carbocycles. The molecule has 1 amide bonds. The molecular weight excluding hydrogens is 230 g/mol. The summed E-state index contributed by atoms with van der Waals surface area (Å²) in [5, 5.41) is 0. The molecule has 1 aliphatic heterocycles. The molecule has 0 spiro atoms. The fraction of sp³-hybridized carbons (Fsp3) is 0.857. The van der Waals surface area contributed by atoms with Crippen LogP contribution in [0.25, 0.3) is 0 Å². The molecule has 4 fully saturated rings. The van der Waals surface area contributed by atoms with Crippen LogP contribution >= 0.6 is 0 Å². The Kier molecular flexibility index (Phi) is 1.86. The molecule has 0 aromatic heterocycles. The number of methoxy groups -OCH3 is 1. The van der Waals surface area contributed by atoms with Gasteiger partial charge in [0.25, 0.3) is 0 Å². The highest BCUT2D eigenvalue weighted by atomic mass is 16.5. The van der Waals surface area contributed by atoms with E-state index in [1.807, 2.05) is 0 Å². The van der Waals surface area contributed by atoms with E-state index in [4.69, 9.17) is 4.74 Å². The average Bonchev–Trinajstić information content (AvgIpc) is 3.19. The van der Waals surface area contributed by atoms with Crippen molar-refractivity contribution in [2.45, 2.75) is 44.1 Å². The summed E-state index contributed by atoms with van der Waals surface area (Å²) in [5.41, 5.74) is -0.0194. The third kappa shape index (κ3) is 1.12. The van der Waals surface area contributed by atoms with Gasteiger partial charge >= 0.3 is 5.97 Å². The van der Waals surface area contributed by atoms with Crippen molar-refractivity contribution in [3.63, 3.8) is 0 Å². The first kappa shape index (κ1) is 10.8. The fourth-order valence-electron chi connectivity index (χ4n) is 4.74. The number of amides is 1. The summed E-state index contributed by atoms with van der Waals surface area (Å²) >= 11 is 0. The maximum atomic E-state index is 11.9. The van der Waals surface area contributed by atoms with E-state index in [-0.39, 0.29) is 16.9 Å². The second-order valence-corrected chi connectivity index (χ2v) is 6.61. The van der Waals surface area contributed by atoms with Gasteiger partial charge in [-0.25, -0.2) is 0 Å². The zero-order valence-electron chi connectivity index (χ0n) is 10.8. The molecule has 1 saturated heterocycles. The van der Waals surface area contributed by atoms with Crippen molar-refractivity contribution in [2.24, 2.45) is 17.3 Å². The molecule has 4 atom stereocenters. The molecule has 4 nitrogen and oxygen atoms in total. The van der Waals surface area contributed by atoms with Gasteiger partial charge in [-0.2, -0.15) is 0 Å². The molecule has 0 bridgehead atoms. The monoisotopic (exact) mass is 249 g/mol. The van der Waals surface area contributed by atoms with Crippen molar-refractivity contribution < 1.29 is 14.3 Å². The van der Waals surface area contributed by atoms with Gasteiger partial charge in [-0.05, 0) is 43.9 Å². The lowest BCUT2D eigenvalue weighted by Gasteiger charge is -2.34. The molecule has 4 unspecified atom stereocenters. The molecule has 0 radical (unpaired) electrons. The summed E-state index contributed by atoms with van der Waals surface area (Å²) in [6.07, 6.45) is 5.84. The first-order chi connectivity index (χ1) is 8.62. The van der Waals surface area contributed by atoms with Gasteiger partial charge in [-0.1, -0.05) is 0 Å². The lowest BCUT2D eigenvalue weighted by Crippen LogP contribution is -2.43. The highest BCUT2D eigenvalue weighted by Gasteiger charge is 2.75. The number of ether oxygens (including phenoxy) is 1. The number of hydrogen-bond donors (Lipinski definition) is 0. The predicted octanol–water partition coefficient (Wildman–Crippen LogP) is 1.34. The van der Waals surface area contributed by atoms with Gasteiger partial charge in [-0.15, -0.1) is 0 Å². The van der Waals surface area contributed by atoms with Crippen LogP contribution in [0.15, 0.2) is 0 Å². The minimum Gasteiger partial charge on any atom is -0.469 e. The van der Waals surface area contributed by atoms with Gasteiger partial charge in [0.15, 0.2) is 0 Å². The number of rotatable bonds is 2.